The summed E-state index contributed by atoms with van der Waals surface area (Å²) in [5.74, 6) is 3.44. The fraction of sp³-hybridized carbons (Fsp3) is 0.714. The van der Waals surface area contributed by atoms with Gasteiger partial charge in [0.15, 0.2) is 5.82 Å². The number of rotatable bonds is 5. The molecule has 2 atom stereocenters. The third kappa shape index (κ3) is 4.06. The normalized spacial score (nSPS) is 23.3. The van der Waals surface area contributed by atoms with Crippen LogP contribution >= 0.6 is 0 Å². The summed E-state index contributed by atoms with van der Waals surface area (Å²) in [6.45, 7) is 3.69. The van der Waals surface area contributed by atoms with Crippen molar-refractivity contribution in [2.24, 2.45) is 11.8 Å². The minimum Gasteiger partial charge on any atom is -0.384 e. The van der Waals surface area contributed by atoms with Crippen LogP contribution in [0.2, 0.25) is 0 Å². The minimum atomic E-state index is 0.388. The molecule has 0 aromatic carbocycles. The summed E-state index contributed by atoms with van der Waals surface area (Å²) in [5, 5.41) is 3.40. The van der Waals surface area contributed by atoms with E-state index in [-0.39, 0.29) is 0 Å². The first-order valence-electron chi connectivity index (χ1n) is 7.05. The van der Waals surface area contributed by atoms with Crippen molar-refractivity contribution in [2.75, 3.05) is 24.7 Å². The zero-order chi connectivity index (χ0) is 13.7. The lowest BCUT2D eigenvalue weighted by atomic mass is 9.80. The fourth-order valence-electron chi connectivity index (χ4n) is 2.73. The summed E-state index contributed by atoms with van der Waals surface area (Å²) < 4.78 is 5.04. The second kappa shape index (κ2) is 6.70. The third-order valence-electron chi connectivity index (χ3n) is 3.90. The van der Waals surface area contributed by atoms with Crippen LogP contribution in [-0.2, 0) is 11.3 Å². The van der Waals surface area contributed by atoms with Gasteiger partial charge >= 0.3 is 0 Å². The van der Waals surface area contributed by atoms with Gasteiger partial charge in [-0.15, -0.1) is 0 Å². The van der Waals surface area contributed by atoms with Gasteiger partial charge in [0.1, 0.15) is 18.2 Å². The Morgan fingerprint density at radius 3 is 2.89 bits per heavy atom. The van der Waals surface area contributed by atoms with Crippen molar-refractivity contribution in [3.63, 3.8) is 0 Å². The molecule has 106 valence electrons. The number of hydrogen-bond donors (Lipinski definition) is 2. The Morgan fingerprint density at radius 1 is 1.37 bits per heavy atom. The average Bonchev–Trinajstić information content (AvgIpc) is 2.37. The lowest BCUT2D eigenvalue weighted by molar-refractivity contribution is 0.178. The van der Waals surface area contributed by atoms with Gasteiger partial charge in [0, 0.05) is 19.7 Å². The number of aromatic nitrogens is 2. The van der Waals surface area contributed by atoms with Crippen LogP contribution < -0.4 is 11.1 Å². The van der Waals surface area contributed by atoms with E-state index in [0.29, 0.717) is 18.2 Å². The summed E-state index contributed by atoms with van der Waals surface area (Å²) in [4.78, 5) is 8.54. The van der Waals surface area contributed by atoms with Crippen LogP contribution in [0.5, 0.6) is 0 Å². The molecule has 1 heterocycles. The molecule has 3 N–H and O–H groups in total. The predicted octanol–water partition coefficient (Wildman–Crippen LogP) is 2.44. The molecule has 1 fully saturated rings. The highest BCUT2D eigenvalue weighted by Gasteiger charge is 2.21. The third-order valence-corrected chi connectivity index (χ3v) is 3.90. The molecule has 2 unspecified atom stereocenters. The van der Waals surface area contributed by atoms with Crippen molar-refractivity contribution < 1.29 is 4.74 Å². The Kier molecular flexibility index (Phi) is 4.96. The monoisotopic (exact) mass is 264 g/mol. The molecule has 0 spiro atoms. The van der Waals surface area contributed by atoms with Crippen LogP contribution in [0, 0.1) is 11.8 Å². The molecule has 2 rings (SSSR count). The highest BCUT2D eigenvalue weighted by Crippen LogP contribution is 2.29. The van der Waals surface area contributed by atoms with Crippen molar-refractivity contribution in [1.29, 1.82) is 0 Å². The summed E-state index contributed by atoms with van der Waals surface area (Å²) in [6.07, 6.45) is 5.36. The predicted molar refractivity (Wildman–Crippen MR) is 76.8 cm³/mol. The SMILES string of the molecule is COCc1nc(N)cc(NCC2CCCCC2C)n1. The first-order chi connectivity index (χ1) is 9.19. The second-order valence-corrected chi connectivity index (χ2v) is 5.43. The van der Waals surface area contributed by atoms with Gasteiger partial charge in [0.2, 0.25) is 0 Å². The van der Waals surface area contributed by atoms with Gasteiger partial charge in [-0.1, -0.05) is 26.2 Å². The Hall–Kier alpha value is -1.36. The quantitative estimate of drug-likeness (QED) is 0.854. The molecular formula is C14H24N4O. The van der Waals surface area contributed by atoms with Crippen molar-refractivity contribution in [3.8, 4) is 0 Å². The Balaban J connectivity index is 1.94. The molecular weight excluding hydrogens is 240 g/mol. The number of nitrogen functional groups attached to an aromatic ring is 1. The first-order valence-corrected chi connectivity index (χ1v) is 7.05. The number of anilines is 2. The zero-order valence-corrected chi connectivity index (χ0v) is 11.9. The molecule has 19 heavy (non-hydrogen) atoms. The molecule has 0 radical (unpaired) electrons. The molecule has 0 saturated heterocycles. The van der Waals surface area contributed by atoms with E-state index in [2.05, 4.69) is 22.2 Å². The number of methoxy groups -OCH3 is 1. The van der Waals surface area contributed by atoms with E-state index < -0.39 is 0 Å². The molecule has 1 aliphatic rings. The molecule has 1 aromatic rings. The lowest BCUT2D eigenvalue weighted by Crippen LogP contribution is -2.24. The maximum absolute atomic E-state index is 5.78. The van der Waals surface area contributed by atoms with Crippen molar-refractivity contribution in [2.45, 2.75) is 39.2 Å². The van der Waals surface area contributed by atoms with Crippen LogP contribution in [0.15, 0.2) is 6.07 Å². The van der Waals surface area contributed by atoms with Crippen molar-refractivity contribution in [3.05, 3.63) is 11.9 Å². The zero-order valence-electron chi connectivity index (χ0n) is 11.9. The maximum Gasteiger partial charge on any atom is 0.158 e. The summed E-state index contributed by atoms with van der Waals surface area (Å²) >= 11 is 0. The number of ether oxygens (including phenoxy) is 1. The van der Waals surface area contributed by atoms with E-state index in [4.69, 9.17) is 10.5 Å². The fourth-order valence-corrected chi connectivity index (χ4v) is 2.73. The van der Waals surface area contributed by atoms with E-state index in [0.717, 1.165) is 24.2 Å². The van der Waals surface area contributed by atoms with Crippen LogP contribution in [0.25, 0.3) is 0 Å². The number of nitrogens with zero attached hydrogens (tertiary/aromatic N) is 2. The van der Waals surface area contributed by atoms with Gasteiger partial charge in [0.05, 0.1) is 0 Å². The average molecular weight is 264 g/mol. The molecule has 5 nitrogen and oxygen atoms in total. The Labute approximate surface area is 115 Å². The van der Waals surface area contributed by atoms with Crippen LogP contribution in [0.3, 0.4) is 0 Å². The second-order valence-electron chi connectivity index (χ2n) is 5.43. The molecule has 5 heteroatoms. The molecule has 0 aliphatic heterocycles. The number of nitrogens with two attached hydrogens (primary N) is 1. The Morgan fingerprint density at radius 2 is 2.16 bits per heavy atom. The van der Waals surface area contributed by atoms with Gasteiger partial charge in [-0.2, -0.15) is 0 Å². The van der Waals surface area contributed by atoms with E-state index in [1.807, 2.05) is 0 Å². The van der Waals surface area contributed by atoms with Gasteiger partial charge < -0.3 is 15.8 Å². The Bertz CT molecular complexity index is 410. The summed E-state index contributed by atoms with van der Waals surface area (Å²) in [7, 11) is 1.63. The van der Waals surface area contributed by atoms with Gasteiger partial charge in [0.25, 0.3) is 0 Å². The van der Waals surface area contributed by atoms with Gasteiger partial charge in [-0.25, -0.2) is 9.97 Å². The molecule has 1 saturated carbocycles. The molecule has 0 bridgehead atoms. The number of hydrogen-bond acceptors (Lipinski definition) is 5. The van der Waals surface area contributed by atoms with Gasteiger partial charge in [-0.05, 0) is 18.3 Å². The van der Waals surface area contributed by atoms with E-state index in [9.17, 15) is 0 Å². The van der Waals surface area contributed by atoms with Crippen molar-refractivity contribution >= 4 is 11.6 Å². The van der Waals surface area contributed by atoms with Crippen LogP contribution in [0.1, 0.15) is 38.4 Å². The summed E-state index contributed by atoms with van der Waals surface area (Å²) in [6, 6.07) is 1.78. The lowest BCUT2D eigenvalue weighted by Gasteiger charge is -2.29. The standard InChI is InChI=1S/C14H24N4O/c1-10-5-3-4-6-11(10)8-16-13-7-12(15)17-14(18-13)9-19-2/h7,10-11H,3-6,8-9H2,1-2H3,(H3,15,16,17,18). The molecule has 0 amide bonds. The highest BCUT2D eigenvalue weighted by atomic mass is 16.5. The van der Waals surface area contributed by atoms with Crippen molar-refractivity contribution in [1.82, 2.24) is 9.97 Å². The van der Waals surface area contributed by atoms with Crippen LogP contribution in [-0.4, -0.2) is 23.6 Å². The van der Waals surface area contributed by atoms with Gasteiger partial charge in [-0.3, -0.25) is 0 Å². The minimum absolute atomic E-state index is 0.388. The van der Waals surface area contributed by atoms with E-state index >= 15 is 0 Å². The topological polar surface area (TPSA) is 73.1 Å². The maximum atomic E-state index is 5.78. The van der Waals surface area contributed by atoms with Crippen LogP contribution in [0.4, 0.5) is 11.6 Å². The number of nitrogens with one attached hydrogen (secondary N) is 1. The smallest absolute Gasteiger partial charge is 0.158 e. The van der Waals surface area contributed by atoms with E-state index in [1.54, 1.807) is 13.2 Å². The largest absolute Gasteiger partial charge is 0.384 e. The molecule has 1 aliphatic carbocycles. The summed E-state index contributed by atoms with van der Waals surface area (Å²) in [5.41, 5.74) is 5.78. The first kappa shape index (κ1) is 14.1. The van der Waals surface area contributed by atoms with E-state index in [1.165, 1.54) is 25.7 Å². The molecule has 1 aromatic heterocycles. The highest BCUT2D eigenvalue weighted by molar-refractivity contribution is 5.44.